The number of nitrogens with zero attached hydrogens (tertiary/aromatic N) is 1. The van der Waals surface area contributed by atoms with E-state index in [0.29, 0.717) is 30.2 Å². The maximum atomic E-state index is 11.2. The normalized spacial score (nSPS) is 10.9. The highest BCUT2D eigenvalue weighted by atomic mass is 35.5. The molecule has 0 atom stereocenters. The highest BCUT2D eigenvalue weighted by molar-refractivity contribution is 7.91. The molecule has 0 saturated heterocycles. The number of halogens is 1. The van der Waals surface area contributed by atoms with Gasteiger partial charge < -0.3 is 4.74 Å². The molecule has 0 aliphatic carbocycles. The number of nitriles is 1. The fourth-order valence-corrected chi connectivity index (χ4v) is 2.43. The van der Waals surface area contributed by atoms with Gasteiger partial charge in [0.05, 0.1) is 18.4 Å². The van der Waals surface area contributed by atoms with E-state index in [9.17, 15) is 8.42 Å². The predicted octanol–water partition coefficient (Wildman–Crippen LogP) is 2.44. The van der Waals surface area contributed by atoms with Crippen molar-refractivity contribution in [3.63, 3.8) is 0 Å². The fraction of sp³-hybridized carbons (Fsp3) is 0.417. The molecule has 0 bridgehead atoms. The minimum Gasteiger partial charge on any atom is -0.494 e. The number of unbranched alkanes of at least 4 members (excludes halogenated alkanes) is 1. The Balaban J connectivity index is 2.20. The number of hydrogen-bond donors (Lipinski definition) is 0. The summed E-state index contributed by atoms with van der Waals surface area (Å²) in [4.78, 5) is 0. The van der Waals surface area contributed by atoms with Crippen molar-refractivity contribution in [1.29, 1.82) is 5.26 Å². The van der Waals surface area contributed by atoms with Crippen LogP contribution in [0.1, 0.15) is 12.8 Å². The van der Waals surface area contributed by atoms with E-state index < -0.39 is 15.6 Å². The van der Waals surface area contributed by atoms with Crippen molar-refractivity contribution >= 4 is 21.4 Å². The van der Waals surface area contributed by atoms with E-state index in [1.54, 1.807) is 30.3 Å². The topological polar surface area (TPSA) is 67.2 Å². The molecule has 0 spiro atoms. The lowest BCUT2D eigenvalue weighted by atomic mass is 10.3. The largest absolute Gasteiger partial charge is 0.494 e. The molecule has 0 aromatic heterocycles. The summed E-state index contributed by atoms with van der Waals surface area (Å²) in [6.07, 6.45) is 1.13. The molecule has 0 aliphatic heterocycles. The second-order valence-corrected chi connectivity index (χ2v) is 6.38. The Labute approximate surface area is 112 Å². The van der Waals surface area contributed by atoms with Crippen LogP contribution >= 0.6 is 11.6 Å². The standard InChI is InChI=1S/C12H14ClNO3S/c13-11-3-5-12(6-4-11)17-8-1-2-9-18(15,16)10-7-14/h3-6H,1-2,8-10H2. The van der Waals surface area contributed by atoms with E-state index in [1.807, 2.05) is 0 Å². The minimum absolute atomic E-state index is 0.0323. The molecule has 0 heterocycles. The van der Waals surface area contributed by atoms with Gasteiger partial charge in [-0.3, -0.25) is 0 Å². The lowest BCUT2D eigenvalue weighted by Gasteiger charge is -2.05. The van der Waals surface area contributed by atoms with E-state index in [2.05, 4.69) is 0 Å². The molecule has 18 heavy (non-hydrogen) atoms. The molecule has 6 heteroatoms. The third kappa shape index (κ3) is 5.89. The van der Waals surface area contributed by atoms with Gasteiger partial charge in [0.1, 0.15) is 11.5 Å². The van der Waals surface area contributed by atoms with Crippen molar-refractivity contribution in [2.75, 3.05) is 18.1 Å². The van der Waals surface area contributed by atoms with Gasteiger partial charge in [0.15, 0.2) is 9.84 Å². The first-order valence-electron chi connectivity index (χ1n) is 5.49. The monoisotopic (exact) mass is 287 g/mol. The third-order valence-electron chi connectivity index (χ3n) is 2.22. The Hall–Kier alpha value is -1.25. The van der Waals surface area contributed by atoms with Crippen LogP contribution in [0.2, 0.25) is 5.02 Å². The summed E-state index contributed by atoms with van der Waals surface area (Å²) in [5.74, 6) is 0.328. The molecule has 0 fully saturated rings. The summed E-state index contributed by atoms with van der Waals surface area (Å²) in [7, 11) is -3.22. The number of hydrogen-bond acceptors (Lipinski definition) is 4. The lowest BCUT2D eigenvalue weighted by molar-refractivity contribution is 0.309. The summed E-state index contributed by atoms with van der Waals surface area (Å²) in [6.45, 7) is 0.448. The molecule has 0 radical (unpaired) electrons. The maximum absolute atomic E-state index is 11.2. The fourth-order valence-electron chi connectivity index (χ4n) is 1.32. The van der Waals surface area contributed by atoms with Crippen molar-refractivity contribution in [1.82, 2.24) is 0 Å². The van der Waals surface area contributed by atoms with Crippen LogP contribution in [-0.2, 0) is 9.84 Å². The van der Waals surface area contributed by atoms with Crippen molar-refractivity contribution < 1.29 is 13.2 Å². The Morgan fingerprint density at radius 3 is 2.50 bits per heavy atom. The molecule has 1 aromatic carbocycles. The Bertz CT molecular complexity index is 505. The van der Waals surface area contributed by atoms with E-state index in [-0.39, 0.29) is 5.75 Å². The van der Waals surface area contributed by atoms with Crippen LogP contribution in [0.25, 0.3) is 0 Å². The van der Waals surface area contributed by atoms with Gasteiger partial charge in [-0.05, 0) is 37.1 Å². The van der Waals surface area contributed by atoms with Crippen LogP contribution in [0.15, 0.2) is 24.3 Å². The molecule has 0 N–H and O–H groups in total. The van der Waals surface area contributed by atoms with Gasteiger partial charge in [-0.2, -0.15) is 5.26 Å². The number of sulfone groups is 1. The zero-order chi connectivity index (χ0) is 13.4. The maximum Gasteiger partial charge on any atom is 0.163 e. The SMILES string of the molecule is N#CCS(=O)(=O)CCCCOc1ccc(Cl)cc1. The highest BCUT2D eigenvalue weighted by Gasteiger charge is 2.08. The second kappa shape index (κ2) is 7.24. The zero-order valence-electron chi connectivity index (χ0n) is 9.80. The Morgan fingerprint density at radius 2 is 1.89 bits per heavy atom. The summed E-state index contributed by atoms with van der Waals surface area (Å²) in [5, 5.41) is 8.95. The smallest absolute Gasteiger partial charge is 0.163 e. The van der Waals surface area contributed by atoms with Gasteiger partial charge in [-0.25, -0.2) is 8.42 Å². The van der Waals surface area contributed by atoms with Crippen LogP contribution in [0.5, 0.6) is 5.75 Å². The van der Waals surface area contributed by atoms with Crippen LogP contribution in [-0.4, -0.2) is 26.5 Å². The van der Waals surface area contributed by atoms with E-state index in [0.717, 1.165) is 0 Å². The average molecular weight is 288 g/mol. The molecule has 4 nitrogen and oxygen atoms in total. The van der Waals surface area contributed by atoms with Gasteiger partial charge in [0, 0.05) is 5.02 Å². The van der Waals surface area contributed by atoms with Gasteiger partial charge in [0.2, 0.25) is 0 Å². The van der Waals surface area contributed by atoms with Crippen molar-refractivity contribution in [3.05, 3.63) is 29.3 Å². The average Bonchev–Trinajstić information content (AvgIpc) is 2.31. The number of rotatable bonds is 7. The first kappa shape index (κ1) is 14.8. The van der Waals surface area contributed by atoms with E-state index >= 15 is 0 Å². The molecular formula is C12H14ClNO3S. The lowest BCUT2D eigenvalue weighted by Crippen LogP contribution is -2.10. The highest BCUT2D eigenvalue weighted by Crippen LogP contribution is 2.15. The third-order valence-corrected chi connectivity index (χ3v) is 3.95. The number of benzene rings is 1. The van der Waals surface area contributed by atoms with Crippen LogP contribution in [0.4, 0.5) is 0 Å². The summed E-state index contributed by atoms with van der Waals surface area (Å²) >= 11 is 5.73. The molecule has 98 valence electrons. The van der Waals surface area contributed by atoms with Crippen LogP contribution < -0.4 is 4.74 Å². The number of ether oxygens (including phenoxy) is 1. The van der Waals surface area contributed by atoms with Crippen LogP contribution in [0.3, 0.4) is 0 Å². The van der Waals surface area contributed by atoms with Gasteiger partial charge >= 0.3 is 0 Å². The Kier molecular flexibility index (Phi) is 5.96. The molecule has 0 saturated carbocycles. The zero-order valence-corrected chi connectivity index (χ0v) is 11.4. The molecule has 1 rings (SSSR count). The van der Waals surface area contributed by atoms with Crippen LogP contribution in [0, 0.1) is 11.3 Å². The van der Waals surface area contributed by atoms with Crippen molar-refractivity contribution in [2.45, 2.75) is 12.8 Å². The second-order valence-electron chi connectivity index (χ2n) is 3.76. The molecule has 0 aliphatic rings. The molecular weight excluding hydrogens is 274 g/mol. The first-order valence-corrected chi connectivity index (χ1v) is 7.69. The van der Waals surface area contributed by atoms with E-state index in [1.165, 1.54) is 0 Å². The summed E-state index contributed by atoms with van der Waals surface area (Å²) < 4.78 is 27.9. The van der Waals surface area contributed by atoms with Crippen molar-refractivity contribution in [2.24, 2.45) is 0 Å². The van der Waals surface area contributed by atoms with E-state index in [4.69, 9.17) is 21.6 Å². The van der Waals surface area contributed by atoms with Crippen molar-refractivity contribution in [3.8, 4) is 11.8 Å². The first-order chi connectivity index (χ1) is 8.53. The molecule has 1 aromatic rings. The quantitative estimate of drug-likeness (QED) is 0.722. The van der Waals surface area contributed by atoms with Gasteiger partial charge in [-0.1, -0.05) is 11.6 Å². The van der Waals surface area contributed by atoms with Gasteiger partial charge in [-0.15, -0.1) is 0 Å². The summed E-state index contributed by atoms with van der Waals surface area (Å²) in [6, 6.07) is 8.63. The molecule has 0 unspecified atom stereocenters. The predicted molar refractivity (Wildman–Crippen MR) is 70.4 cm³/mol. The Morgan fingerprint density at radius 1 is 1.22 bits per heavy atom. The molecule has 0 amide bonds. The summed E-state index contributed by atoms with van der Waals surface area (Å²) in [5.41, 5.74) is 0. The minimum atomic E-state index is -3.22. The van der Waals surface area contributed by atoms with Gasteiger partial charge in [0.25, 0.3) is 0 Å².